The first-order chi connectivity index (χ1) is 8.18. The molecule has 0 spiro atoms. The van der Waals surface area contributed by atoms with Crippen LogP contribution in [-0.4, -0.2) is 18.0 Å². The number of Topliss-reactive ketones (excluding diaryl/α,β-unsaturated/α-hetero) is 1. The number of rotatable bonds is 4. The molecule has 17 heavy (non-hydrogen) atoms. The van der Waals surface area contributed by atoms with Crippen LogP contribution in [0.15, 0.2) is 23.3 Å². The van der Waals surface area contributed by atoms with Crippen LogP contribution in [0.1, 0.15) is 18.4 Å². The van der Waals surface area contributed by atoms with Gasteiger partial charge in [-0.25, -0.2) is 4.39 Å². The summed E-state index contributed by atoms with van der Waals surface area (Å²) < 4.78 is 13.5. The van der Waals surface area contributed by atoms with Gasteiger partial charge in [0.05, 0.1) is 5.02 Å². The zero-order chi connectivity index (χ0) is 12.3. The van der Waals surface area contributed by atoms with Gasteiger partial charge in [0.2, 0.25) is 0 Å². The molecule has 0 aliphatic carbocycles. The minimum absolute atomic E-state index is 0.0434. The van der Waals surface area contributed by atoms with Crippen molar-refractivity contribution < 1.29 is 9.18 Å². The van der Waals surface area contributed by atoms with Crippen molar-refractivity contribution in [1.82, 2.24) is 5.43 Å². The molecular weight excluding hydrogens is 243 g/mol. The Bertz CT molecular complexity index is 454. The van der Waals surface area contributed by atoms with Gasteiger partial charge in [0.15, 0.2) is 5.78 Å². The van der Waals surface area contributed by atoms with E-state index in [1.165, 1.54) is 6.07 Å². The topological polar surface area (TPSA) is 41.5 Å². The lowest BCUT2D eigenvalue weighted by atomic mass is 10.0. The van der Waals surface area contributed by atoms with E-state index < -0.39 is 5.82 Å². The molecule has 0 radical (unpaired) electrons. The summed E-state index contributed by atoms with van der Waals surface area (Å²) >= 11 is 5.66. The Morgan fingerprint density at radius 2 is 2.41 bits per heavy atom. The molecular formula is C12H12ClFN2O. The van der Waals surface area contributed by atoms with Gasteiger partial charge in [-0.2, -0.15) is 5.10 Å². The quantitative estimate of drug-likeness (QED) is 0.896. The van der Waals surface area contributed by atoms with E-state index in [-0.39, 0.29) is 23.3 Å². The monoisotopic (exact) mass is 254 g/mol. The first-order valence-corrected chi connectivity index (χ1v) is 5.79. The summed E-state index contributed by atoms with van der Waals surface area (Å²) in [5.41, 5.74) is 3.20. The summed E-state index contributed by atoms with van der Waals surface area (Å²) in [6, 6.07) is 4.57. The molecule has 1 heterocycles. The number of benzene rings is 1. The van der Waals surface area contributed by atoms with E-state index in [9.17, 15) is 9.18 Å². The van der Waals surface area contributed by atoms with Crippen molar-refractivity contribution in [3.8, 4) is 0 Å². The van der Waals surface area contributed by atoms with Gasteiger partial charge < -0.3 is 0 Å². The van der Waals surface area contributed by atoms with Crippen LogP contribution >= 0.6 is 11.6 Å². The highest BCUT2D eigenvalue weighted by atomic mass is 35.5. The molecule has 1 aromatic rings. The first kappa shape index (κ1) is 12.0. The summed E-state index contributed by atoms with van der Waals surface area (Å²) in [5.74, 6) is -0.389. The molecule has 1 aromatic carbocycles. The number of aryl methyl sites for hydroxylation is 1. The van der Waals surface area contributed by atoms with Gasteiger partial charge in [0, 0.05) is 19.1 Å². The molecule has 3 nitrogen and oxygen atoms in total. The third kappa shape index (κ3) is 2.82. The number of halogens is 2. The highest BCUT2D eigenvalue weighted by Gasteiger charge is 2.19. The summed E-state index contributed by atoms with van der Waals surface area (Å²) in [5, 5.41) is 3.88. The largest absolute Gasteiger partial charge is 0.300 e. The van der Waals surface area contributed by atoms with E-state index in [0.717, 1.165) is 0 Å². The lowest BCUT2D eigenvalue weighted by molar-refractivity contribution is -0.120. The molecule has 1 N–H and O–H groups in total. The summed E-state index contributed by atoms with van der Waals surface area (Å²) in [6.45, 7) is 0. The number of hydrazone groups is 1. The Kier molecular flexibility index (Phi) is 3.74. The lowest BCUT2D eigenvalue weighted by Gasteiger charge is -2.08. The molecule has 1 aliphatic heterocycles. The summed E-state index contributed by atoms with van der Waals surface area (Å²) in [6.07, 6.45) is 2.93. The number of hydrogen-bond donors (Lipinski definition) is 1. The maximum absolute atomic E-state index is 13.5. The van der Waals surface area contributed by atoms with Gasteiger partial charge in [-0.15, -0.1) is 0 Å². The minimum Gasteiger partial charge on any atom is -0.300 e. The number of carbonyl (C=O) groups excluding carboxylic acids is 1. The standard InChI is InChI=1S/C12H12ClFN2O/c13-9-3-1-2-8(12(9)14)4-5-11(17)10-6-7-15-16-10/h1-3,7,10,16H,4-6H2. The third-order valence-electron chi connectivity index (χ3n) is 2.72. The Labute approximate surface area is 104 Å². The summed E-state index contributed by atoms with van der Waals surface area (Å²) in [7, 11) is 0. The van der Waals surface area contributed by atoms with Crippen LogP contribution in [0.3, 0.4) is 0 Å². The Morgan fingerprint density at radius 1 is 1.59 bits per heavy atom. The molecule has 0 saturated carbocycles. The van der Waals surface area contributed by atoms with Crippen molar-refractivity contribution in [2.24, 2.45) is 5.10 Å². The minimum atomic E-state index is -0.433. The molecule has 1 aliphatic rings. The van der Waals surface area contributed by atoms with Crippen molar-refractivity contribution in [3.63, 3.8) is 0 Å². The van der Waals surface area contributed by atoms with Gasteiger partial charge in [0.1, 0.15) is 11.9 Å². The van der Waals surface area contributed by atoms with E-state index in [0.29, 0.717) is 18.4 Å². The molecule has 1 atom stereocenters. The van der Waals surface area contributed by atoms with Crippen LogP contribution in [0, 0.1) is 5.82 Å². The molecule has 0 saturated heterocycles. The molecule has 2 rings (SSSR count). The van der Waals surface area contributed by atoms with Gasteiger partial charge in [0.25, 0.3) is 0 Å². The molecule has 5 heteroatoms. The number of nitrogens with one attached hydrogen (secondary N) is 1. The number of carbonyl (C=O) groups is 1. The van der Waals surface area contributed by atoms with Crippen molar-refractivity contribution in [3.05, 3.63) is 34.6 Å². The summed E-state index contributed by atoms with van der Waals surface area (Å²) in [4.78, 5) is 11.7. The molecule has 0 bridgehead atoms. The van der Waals surface area contributed by atoms with Crippen molar-refractivity contribution >= 4 is 23.6 Å². The van der Waals surface area contributed by atoms with E-state index in [4.69, 9.17) is 11.6 Å². The molecule has 0 fully saturated rings. The van der Waals surface area contributed by atoms with Crippen LogP contribution in [0.2, 0.25) is 5.02 Å². The first-order valence-electron chi connectivity index (χ1n) is 5.41. The fraction of sp³-hybridized carbons (Fsp3) is 0.333. The normalized spacial score (nSPS) is 18.1. The molecule has 90 valence electrons. The van der Waals surface area contributed by atoms with E-state index in [2.05, 4.69) is 10.5 Å². The van der Waals surface area contributed by atoms with Crippen LogP contribution in [0.5, 0.6) is 0 Å². The SMILES string of the molecule is O=C(CCc1cccc(Cl)c1F)C1CC=NN1. The predicted octanol–water partition coefficient (Wildman–Crippen LogP) is 2.33. The number of ketones is 1. The van der Waals surface area contributed by atoms with Crippen LogP contribution in [0.25, 0.3) is 0 Å². The highest BCUT2D eigenvalue weighted by molar-refractivity contribution is 6.30. The Morgan fingerprint density at radius 3 is 3.12 bits per heavy atom. The maximum Gasteiger partial charge on any atom is 0.157 e. The predicted molar refractivity (Wildman–Crippen MR) is 64.8 cm³/mol. The highest BCUT2D eigenvalue weighted by Crippen LogP contribution is 2.19. The molecule has 0 aromatic heterocycles. The van der Waals surface area contributed by atoms with E-state index >= 15 is 0 Å². The number of hydrogen-bond acceptors (Lipinski definition) is 3. The lowest BCUT2D eigenvalue weighted by Crippen LogP contribution is -2.29. The van der Waals surface area contributed by atoms with E-state index in [1.54, 1.807) is 18.3 Å². The Balaban J connectivity index is 1.93. The second-order valence-corrected chi connectivity index (χ2v) is 4.32. The van der Waals surface area contributed by atoms with Crippen LogP contribution in [-0.2, 0) is 11.2 Å². The molecule has 0 amide bonds. The smallest absolute Gasteiger partial charge is 0.157 e. The van der Waals surface area contributed by atoms with Crippen LogP contribution < -0.4 is 5.43 Å². The second kappa shape index (κ2) is 5.27. The van der Waals surface area contributed by atoms with E-state index in [1.807, 2.05) is 0 Å². The zero-order valence-corrected chi connectivity index (χ0v) is 9.88. The average Bonchev–Trinajstić information content (AvgIpc) is 2.84. The zero-order valence-electron chi connectivity index (χ0n) is 9.12. The van der Waals surface area contributed by atoms with Crippen molar-refractivity contribution in [2.45, 2.75) is 25.3 Å². The fourth-order valence-electron chi connectivity index (χ4n) is 1.73. The second-order valence-electron chi connectivity index (χ2n) is 3.91. The van der Waals surface area contributed by atoms with Gasteiger partial charge in [-0.05, 0) is 18.1 Å². The Hall–Kier alpha value is -1.42. The van der Waals surface area contributed by atoms with Crippen molar-refractivity contribution in [2.75, 3.05) is 0 Å². The fourth-order valence-corrected chi connectivity index (χ4v) is 1.92. The number of nitrogens with zero attached hydrogens (tertiary/aromatic N) is 1. The average molecular weight is 255 g/mol. The third-order valence-corrected chi connectivity index (χ3v) is 3.02. The maximum atomic E-state index is 13.5. The van der Waals surface area contributed by atoms with Gasteiger partial charge in [-0.1, -0.05) is 23.7 Å². The molecule has 1 unspecified atom stereocenters. The van der Waals surface area contributed by atoms with Gasteiger partial charge >= 0.3 is 0 Å². The van der Waals surface area contributed by atoms with Crippen LogP contribution in [0.4, 0.5) is 4.39 Å². The van der Waals surface area contributed by atoms with Crippen molar-refractivity contribution in [1.29, 1.82) is 0 Å². The van der Waals surface area contributed by atoms with Gasteiger partial charge in [-0.3, -0.25) is 10.2 Å².